The Morgan fingerprint density at radius 2 is 0.378 bits per heavy atom. The van der Waals surface area contributed by atoms with Crippen molar-refractivity contribution in [3.8, 4) is 0 Å². The van der Waals surface area contributed by atoms with Gasteiger partial charge in [0.25, 0.3) is 0 Å². The molecule has 43 nitrogen and oxygen atoms in total. The van der Waals surface area contributed by atoms with E-state index in [2.05, 4.69) is 66.5 Å². The van der Waals surface area contributed by atoms with Gasteiger partial charge in [-0.05, 0) is 187 Å². The van der Waals surface area contributed by atoms with Crippen LogP contribution in [0, 0.1) is 47.3 Å². The number of amides is 5. The number of rotatable bonds is 89. The Kier molecular flexibility index (Phi) is 72.1. The Morgan fingerprint density at radius 3 is 0.585 bits per heavy atom. The Labute approximate surface area is 799 Å². The van der Waals surface area contributed by atoms with Crippen molar-refractivity contribution in [2.24, 2.45) is 179 Å². The molecule has 0 aromatic carbocycles. The molecule has 0 fully saturated rings. The summed E-state index contributed by atoms with van der Waals surface area (Å²) in [6.07, 6.45) is 16.7. The molecule has 0 saturated carbocycles. The van der Waals surface area contributed by atoms with Crippen LogP contribution in [0.15, 0.2) is 39.9 Å². The van der Waals surface area contributed by atoms with Gasteiger partial charge in [-0.2, -0.15) is 0 Å². The molecule has 0 radical (unpaired) electrons. The lowest BCUT2D eigenvalue weighted by Gasteiger charge is -2.21. The molecule has 0 saturated heterocycles. The summed E-state index contributed by atoms with van der Waals surface area (Å²) in [6.45, 7) is 6.94. The number of guanidine groups is 8. The molecule has 135 heavy (non-hydrogen) atoms. The van der Waals surface area contributed by atoms with Crippen LogP contribution in [0.2, 0.25) is 0 Å². The minimum absolute atomic E-state index is 0.00724. The summed E-state index contributed by atoms with van der Waals surface area (Å²) in [5.74, 6) is -8.91. The second kappa shape index (κ2) is 78.8. The van der Waals surface area contributed by atoms with Gasteiger partial charge in [-0.3, -0.25) is 102 Å². The highest BCUT2D eigenvalue weighted by atomic mass is 16.2. The first-order valence-electron chi connectivity index (χ1n) is 48.8. The van der Waals surface area contributed by atoms with Crippen LogP contribution in [-0.4, -0.2) is 214 Å². The lowest BCUT2D eigenvalue weighted by atomic mass is 9.85. The first-order chi connectivity index (χ1) is 64.3. The van der Waals surface area contributed by atoms with Crippen LogP contribution in [-0.2, 0) is 67.1 Å². The van der Waals surface area contributed by atoms with Crippen LogP contribution in [0.1, 0.15) is 316 Å². The van der Waals surface area contributed by atoms with Crippen molar-refractivity contribution in [2.45, 2.75) is 316 Å². The topological polar surface area (TPSA) is 814 Å². The average Bonchev–Trinajstić information content (AvgIpc) is 0.902. The van der Waals surface area contributed by atoms with E-state index in [-0.39, 0.29) is 291 Å². The molecule has 0 aromatic rings. The number of unbranched alkanes of at least 4 members (excludes halogenated alkanes) is 10. The molecule has 0 aliphatic heterocycles. The van der Waals surface area contributed by atoms with E-state index < -0.39 is 47.3 Å². The van der Waals surface area contributed by atoms with E-state index in [9.17, 15) is 67.1 Å². The van der Waals surface area contributed by atoms with Crippen LogP contribution in [0.5, 0.6) is 0 Å². The summed E-state index contributed by atoms with van der Waals surface area (Å²) in [4.78, 5) is 221. The maximum atomic E-state index is 14.4. The number of hydrogen-bond donors (Lipinski definition) is 21. The zero-order chi connectivity index (χ0) is 101. The van der Waals surface area contributed by atoms with Gasteiger partial charge in [-0.15, -0.1) is 0 Å². The number of nitrogens with one attached hydrogen (secondary N) is 5. The molecule has 0 bridgehead atoms. The third-order valence-corrected chi connectivity index (χ3v) is 23.1. The molecule has 8 unspecified atom stereocenters. The minimum Gasteiger partial charge on any atom is -0.370 e. The van der Waals surface area contributed by atoms with Gasteiger partial charge < -0.3 is 123 Å². The van der Waals surface area contributed by atoms with Crippen molar-refractivity contribution in [1.29, 1.82) is 0 Å². The number of hydrogen-bond acceptors (Lipinski definition) is 22. The first-order valence-corrected chi connectivity index (χ1v) is 48.8. The lowest BCUT2D eigenvalue weighted by molar-refractivity contribution is -0.133. The van der Waals surface area contributed by atoms with Crippen molar-refractivity contribution in [1.82, 2.24) is 26.6 Å². The molecule has 0 heterocycles. The molecule has 0 aliphatic carbocycles. The molecule has 0 spiro atoms. The van der Waals surface area contributed by atoms with Crippen LogP contribution in [0.3, 0.4) is 0 Å². The van der Waals surface area contributed by atoms with E-state index in [1.165, 1.54) is 6.92 Å². The van der Waals surface area contributed by atoms with Crippen LogP contribution < -0.4 is 118 Å². The molecular weight excluding hydrogens is 1740 g/mol. The number of aliphatic imine (C=N–C) groups is 8. The number of nitrogens with zero attached hydrogens (tertiary/aromatic N) is 8. The average molecular weight is 1910 g/mol. The van der Waals surface area contributed by atoms with E-state index in [4.69, 9.17) is 91.7 Å². The van der Waals surface area contributed by atoms with Gasteiger partial charge in [0.15, 0.2) is 47.7 Å². The highest BCUT2D eigenvalue weighted by Crippen LogP contribution is 2.28. The first kappa shape index (κ1) is 124. The van der Waals surface area contributed by atoms with E-state index in [0.29, 0.717) is 219 Å². The summed E-state index contributed by atoms with van der Waals surface area (Å²) in [7, 11) is 0. The number of carbonyl (C=O) groups excluding carboxylic acids is 14. The molecule has 768 valence electrons. The van der Waals surface area contributed by atoms with Gasteiger partial charge in [0.2, 0.25) is 29.5 Å². The normalized spacial score (nSPS) is 12.7. The maximum absolute atomic E-state index is 14.4. The third-order valence-electron chi connectivity index (χ3n) is 23.1. The molecule has 5 amide bonds. The van der Waals surface area contributed by atoms with Gasteiger partial charge in [0.05, 0.1) is 0 Å². The zero-order valence-electron chi connectivity index (χ0n) is 81.1. The number of nitrogens with two attached hydrogens (primary N) is 16. The standard InChI is InChI=1S/C92H171N29O14/c1-3-64(29-20-48-114-85(93)94)80(131)109-43-15-5-10-38-73(124)56-65(30-21-49-115-86(95)96)77(128)60-69(34-25-53-119-90(103)104)82(133)111-45-16-6-11-39-74(125)57-66(31-22-50-116-87(97)98)78(129)61-70(35-26-54-120-91(105)106)83(134)112-46-17-7-12-40-75(126)58-67(32-23-51-117-88(99)100)79(130)62-71(36-27-55-121-92(107)108)84(135)113-47-18-8-13-41-76(127)59-68(33-24-52-118-89(101)102)81(132)110-44-14-4-9-37-72(123)42-19-28-63(2)122/h64-71H,3-62H2,1-2H3,(H,109,131)(H,110,132)(H,111,133)(H,112,134)(H,113,135)(H4,93,94,114)(H4,95,96,115)(H4,97,98,116)(H4,99,100,117)(H4,101,102,118)(H4,103,104,119)(H4,105,106,120)(H4,107,108,121). The molecule has 0 aliphatic rings. The molecular formula is C92H171N29O14. The van der Waals surface area contributed by atoms with Crippen molar-refractivity contribution in [3.05, 3.63) is 0 Å². The maximum Gasteiger partial charge on any atom is 0.223 e. The smallest absolute Gasteiger partial charge is 0.223 e. The van der Waals surface area contributed by atoms with Crippen molar-refractivity contribution in [2.75, 3.05) is 85.1 Å². The molecule has 0 rings (SSSR count). The quantitative estimate of drug-likeness (QED) is 0.0236. The van der Waals surface area contributed by atoms with E-state index in [1.54, 1.807) is 0 Å². The number of ketones is 9. The summed E-state index contributed by atoms with van der Waals surface area (Å²) < 4.78 is 0. The van der Waals surface area contributed by atoms with Crippen LogP contribution >= 0.6 is 0 Å². The Bertz CT molecular complexity index is 3760. The predicted octanol–water partition coefficient (Wildman–Crippen LogP) is 2.18. The van der Waals surface area contributed by atoms with Gasteiger partial charge >= 0.3 is 0 Å². The molecule has 43 heteroatoms. The molecule has 8 atom stereocenters. The van der Waals surface area contributed by atoms with Gasteiger partial charge in [0.1, 0.15) is 52.0 Å². The van der Waals surface area contributed by atoms with Gasteiger partial charge in [0, 0.05) is 222 Å². The monoisotopic (exact) mass is 1910 g/mol. The molecule has 37 N–H and O–H groups in total. The minimum atomic E-state index is -0.825. The summed E-state index contributed by atoms with van der Waals surface area (Å²) >= 11 is 0. The predicted molar refractivity (Wildman–Crippen MR) is 532 cm³/mol. The van der Waals surface area contributed by atoms with Crippen molar-refractivity contribution < 1.29 is 67.1 Å². The van der Waals surface area contributed by atoms with Gasteiger partial charge in [-0.25, -0.2) is 0 Å². The van der Waals surface area contributed by atoms with E-state index in [1.807, 2.05) is 6.92 Å². The summed E-state index contributed by atoms with van der Waals surface area (Å²) in [5.41, 5.74) is 89.1. The van der Waals surface area contributed by atoms with Crippen LogP contribution in [0.25, 0.3) is 0 Å². The third kappa shape index (κ3) is 71.7. The Balaban J connectivity index is 6.05. The van der Waals surface area contributed by atoms with Crippen LogP contribution in [0.4, 0.5) is 0 Å². The Hall–Kier alpha value is -11.5. The second-order valence-electron chi connectivity index (χ2n) is 35.2. The van der Waals surface area contributed by atoms with Gasteiger partial charge in [-0.1, -0.05) is 39.0 Å². The zero-order valence-corrected chi connectivity index (χ0v) is 81.1. The van der Waals surface area contributed by atoms with Crippen molar-refractivity contribution >= 4 is 129 Å². The lowest BCUT2D eigenvalue weighted by Crippen LogP contribution is -2.34. The van der Waals surface area contributed by atoms with E-state index >= 15 is 0 Å². The summed E-state index contributed by atoms with van der Waals surface area (Å²) in [5, 5.41) is 14.8. The fourth-order valence-corrected chi connectivity index (χ4v) is 15.6. The summed E-state index contributed by atoms with van der Waals surface area (Å²) in [6, 6.07) is 0. The number of Topliss-reactive ketones (excluding diaryl/α,β-unsaturated/α-hetero) is 9. The second-order valence-corrected chi connectivity index (χ2v) is 35.2. The largest absolute Gasteiger partial charge is 0.370 e. The fraction of sp³-hybridized carbons (Fsp3) is 0.761. The highest BCUT2D eigenvalue weighted by Gasteiger charge is 2.32. The fourth-order valence-electron chi connectivity index (χ4n) is 15.6. The SMILES string of the molecule is CCC(CCCN=C(N)N)C(=O)NCCCCCC(=O)CC(CCCN=C(N)N)C(=O)CC(CCCN=C(N)N)C(=O)NCCCCCC(=O)CC(CCCN=C(N)N)C(=O)CC(CCCN=C(N)N)C(=O)NCCCCCC(=O)CC(CCCN=C(N)N)C(=O)CC(CCCN=C(N)N)C(=O)NCCCCCC(=O)CC(CCCN=C(N)N)C(=O)NCCCCCC(=O)CCCC(C)=O. The Morgan fingerprint density at radius 1 is 0.200 bits per heavy atom. The molecule has 0 aromatic heterocycles. The van der Waals surface area contributed by atoms with Crippen molar-refractivity contribution in [3.63, 3.8) is 0 Å². The highest BCUT2D eigenvalue weighted by molar-refractivity contribution is 5.94. The number of carbonyl (C=O) groups is 14. The van der Waals surface area contributed by atoms with E-state index in [0.717, 1.165) is 6.42 Å².